The first-order valence-corrected chi connectivity index (χ1v) is 9.29. The Labute approximate surface area is 141 Å². The van der Waals surface area contributed by atoms with Crippen LogP contribution in [0.3, 0.4) is 0 Å². The molecule has 21 heavy (non-hydrogen) atoms. The molecule has 1 rings (SSSR count). The number of carbonyl (C=O) groups is 1. The molecule has 8 heteroatoms. The molecule has 0 heterocycles. The predicted molar refractivity (Wildman–Crippen MR) is 87.4 cm³/mol. The van der Waals surface area contributed by atoms with Gasteiger partial charge in [0.05, 0.1) is 12.0 Å². The SMILES string of the molecule is COC(=O)C(CC(C)C)NS(=O)(=O)c1ccc(Br)cc1Br. The van der Waals surface area contributed by atoms with Crippen molar-refractivity contribution in [3.63, 3.8) is 0 Å². The summed E-state index contributed by atoms with van der Waals surface area (Å²) in [6, 6.07) is 3.80. The molecule has 0 saturated carbocycles. The van der Waals surface area contributed by atoms with Crippen molar-refractivity contribution in [3.8, 4) is 0 Å². The average molecular weight is 443 g/mol. The van der Waals surface area contributed by atoms with Gasteiger partial charge in [-0.3, -0.25) is 4.79 Å². The number of methoxy groups -OCH3 is 1. The van der Waals surface area contributed by atoms with Crippen molar-refractivity contribution in [2.24, 2.45) is 5.92 Å². The maximum absolute atomic E-state index is 12.4. The molecule has 0 fully saturated rings. The molecule has 1 aromatic rings. The van der Waals surface area contributed by atoms with E-state index in [1.165, 1.54) is 13.2 Å². The van der Waals surface area contributed by atoms with Crippen LogP contribution >= 0.6 is 31.9 Å². The molecule has 0 spiro atoms. The summed E-state index contributed by atoms with van der Waals surface area (Å²) in [6.07, 6.45) is 0.361. The number of nitrogens with one attached hydrogen (secondary N) is 1. The Morgan fingerprint density at radius 2 is 1.95 bits per heavy atom. The molecule has 0 amide bonds. The Kier molecular flexibility index (Phi) is 6.83. The van der Waals surface area contributed by atoms with Crippen molar-refractivity contribution in [1.82, 2.24) is 4.72 Å². The lowest BCUT2D eigenvalue weighted by Gasteiger charge is -2.18. The summed E-state index contributed by atoms with van der Waals surface area (Å²) in [7, 11) is -2.59. The van der Waals surface area contributed by atoms with Gasteiger partial charge in [0.2, 0.25) is 10.0 Å². The van der Waals surface area contributed by atoms with Crippen molar-refractivity contribution >= 4 is 47.9 Å². The van der Waals surface area contributed by atoms with E-state index in [1.807, 2.05) is 13.8 Å². The van der Waals surface area contributed by atoms with Crippen LogP contribution in [0.15, 0.2) is 32.0 Å². The number of hydrogen-bond donors (Lipinski definition) is 1. The van der Waals surface area contributed by atoms with Gasteiger partial charge in [0, 0.05) is 8.95 Å². The zero-order chi connectivity index (χ0) is 16.2. The summed E-state index contributed by atoms with van der Waals surface area (Å²) in [6.45, 7) is 3.81. The van der Waals surface area contributed by atoms with E-state index < -0.39 is 22.0 Å². The van der Waals surface area contributed by atoms with Crippen molar-refractivity contribution in [2.75, 3.05) is 7.11 Å². The normalized spacial score (nSPS) is 13.2. The molecule has 0 aliphatic rings. The third-order valence-electron chi connectivity index (χ3n) is 2.67. The highest BCUT2D eigenvalue weighted by molar-refractivity contribution is 9.11. The lowest BCUT2D eigenvalue weighted by Crippen LogP contribution is -2.42. The molecular weight excluding hydrogens is 426 g/mol. The second kappa shape index (κ2) is 7.71. The molecule has 1 aromatic carbocycles. The first-order valence-electron chi connectivity index (χ1n) is 6.22. The van der Waals surface area contributed by atoms with E-state index in [9.17, 15) is 13.2 Å². The maximum atomic E-state index is 12.4. The summed E-state index contributed by atoms with van der Waals surface area (Å²) in [5, 5.41) is 0. The smallest absolute Gasteiger partial charge is 0.323 e. The standard InChI is InChI=1S/C13H17Br2NO4S/c1-8(2)6-11(13(17)20-3)16-21(18,19)12-5-4-9(14)7-10(12)15/h4-5,7-8,11,16H,6H2,1-3H3. The average Bonchev–Trinajstić information content (AvgIpc) is 2.35. The molecular formula is C13H17Br2NO4S. The van der Waals surface area contributed by atoms with E-state index in [4.69, 9.17) is 0 Å². The number of benzene rings is 1. The van der Waals surface area contributed by atoms with E-state index in [2.05, 4.69) is 41.3 Å². The third-order valence-corrected chi connectivity index (χ3v) is 5.62. The maximum Gasteiger partial charge on any atom is 0.323 e. The molecule has 1 unspecified atom stereocenters. The van der Waals surface area contributed by atoms with Crippen LogP contribution in [0, 0.1) is 5.92 Å². The number of sulfonamides is 1. The summed E-state index contributed by atoms with van der Waals surface area (Å²) in [4.78, 5) is 11.8. The Bertz CT molecular complexity index is 617. The Balaban J connectivity index is 3.08. The first-order chi connectivity index (χ1) is 9.67. The van der Waals surface area contributed by atoms with Crippen LogP contribution in [0.25, 0.3) is 0 Å². The lowest BCUT2D eigenvalue weighted by atomic mass is 10.1. The van der Waals surface area contributed by atoms with Gasteiger partial charge >= 0.3 is 5.97 Å². The number of carbonyl (C=O) groups excluding carboxylic acids is 1. The molecule has 0 aliphatic carbocycles. The summed E-state index contributed by atoms with van der Waals surface area (Å²) >= 11 is 6.47. The second-order valence-corrected chi connectivity index (χ2v) is 8.35. The largest absolute Gasteiger partial charge is 0.468 e. The third kappa shape index (κ3) is 5.36. The van der Waals surface area contributed by atoms with E-state index in [0.717, 1.165) is 4.47 Å². The topological polar surface area (TPSA) is 72.5 Å². The second-order valence-electron chi connectivity index (χ2n) is 4.90. The fraction of sp³-hybridized carbons (Fsp3) is 0.462. The van der Waals surface area contributed by atoms with E-state index >= 15 is 0 Å². The van der Waals surface area contributed by atoms with Crippen LogP contribution in [0.4, 0.5) is 0 Å². The molecule has 118 valence electrons. The molecule has 0 aliphatic heterocycles. The van der Waals surface area contributed by atoms with Gasteiger partial charge in [-0.25, -0.2) is 8.42 Å². The minimum absolute atomic E-state index is 0.0726. The van der Waals surface area contributed by atoms with Gasteiger partial charge in [0.1, 0.15) is 6.04 Å². The Morgan fingerprint density at radius 1 is 1.33 bits per heavy atom. The highest BCUT2D eigenvalue weighted by Gasteiger charge is 2.28. The minimum Gasteiger partial charge on any atom is -0.468 e. The van der Waals surface area contributed by atoms with Crippen LogP contribution in [-0.4, -0.2) is 27.5 Å². The monoisotopic (exact) mass is 441 g/mol. The van der Waals surface area contributed by atoms with E-state index in [-0.39, 0.29) is 10.8 Å². The van der Waals surface area contributed by atoms with Crippen LogP contribution < -0.4 is 4.72 Å². The Hall–Kier alpha value is -0.440. The van der Waals surface area contributed by atoms with Gasteiger partial charge in [0.25, 0.3) is 0 Å². The summed E-state index contributed by atoms with van der Waals surface area (Å²) < 4.78 is 33.1. The van der Waals surface area contributed by atoms with Crippen molar-refractivity contribution in [3.05, 3.63) is 27.1 Å². The van der Waals surface area contributed by atoms with Crippen molar-refractivity contribution in [2.45, 2.75) is 31.2 Å². The van der Waals surface area contributed by atoms with Crippen molar-refractivity contribution < 1.29 is 17.9 Å². The summed E-state index contributed by atoms with van der Waals surface area (Å²) in [5.41, 5.74) is 0. The molecule has 0 bridgehead atoms. The van der Waals surface area contributed by atoms with Crippen LogP contribution in [0.5, 0.6) is 0 Å². The zero-order valence-electron chi connectivity index (χ0n) is 11.9. The summed E-state index contributed by atoms with van der Waals surface area (Å²) in [5.74, 6) is -0.453. The molecule has 0 aromatic heterocycles. The van der Waals surface area contributed by atoms with E-state index in [1.54, 1.807) is 12.1 Å². The van der Waals surface area contributed by atoms with Crippen LogP contribution in [0.1, 0.15) is 20.3 Å². The van der Waals surface area contributed by atoms with Crippen LogP contribution in [-0.2, 0) is 19.6 Å². The molecule has 0 radical (unpaired) electrons. The van der Waals surface area contributed by atoms with Gasteiger partial charge in [-0.2, -0.15) is 4.72 Å². The number of esters is 1. The highest BCUT2D eigenvalue weighted by atomic mass is 79.9. The minimum atomic E-state index is -3.83. The fourth-order valence-electron chi connectivity index (χ4n) is 1.75. The van der Waals surface area contributed by atoms with E-state index in [0.29, 0.717) is 10.9 Å². The fourth-order valence-corrected chi connectivity index (χ4v) is 4.69. The first kappa shape index (κ1) is 18.6. The molecule has 1 atom stereocenters. The molecule has 0 saturated heterocycles. The number of rotatable bonds is 6. The van der Waals surface area contributed by atoms with Gasteiger partial charge in [0.15, 0.2) is 0 Å². The van der Waals surface area contributed by atoms with Gasteiger partial charge in [-0.05, 0) is 46.5 Å². The van der Waals surface area contributed by atoms with Crippen molar-refractivity contribution in [1.29, 1.82) is 0 Å². The zero-order valence-corrected chi connectivity index (χ0v) is 15.9. The molecule has 5 nitrogen and oxygen atoms in total. The highest BCUT2D eigenvalue weighted by Crippen LogP contribution is 2.26. The number of hydrogen-bond acceptors (Lipinski definition) is 4. The van der Waals surface area contributed by atoms with Gasteiger partial charge in [-0.15, -0.1) is 0 Å². The Morgan fingerprint density at radius 3 is 2.43 bits per heavy atom. The van der Waals surface area contributed by atoms with Crippen LogP contribution in [0.2, 0.25) is 0 Å². The number of halogens is 2. The lowest BCUT2D eigenvalue weighted by molar-refractivity contribution is -0.143. The van der Waals surface area contributed by atoms with Gasteiger partial charge in [-0.1, -0.05) is 29.8 Å². The quantitative estimate of drug-likeness (QED) is 0.687. The predicted octanol–water partition coefficient (Wildman–Crippen LogP) is 3.08. The van der Waals surface area contributed by atoms with Gasteiger partial charge < -0.3 is 4.74 Å². The molecule has 1 N–H and O–H groups in total. The number of ether oxygens (including phenoxy) is 1.